The first-order chi connectivity index (χ1) is 10.6. The van der Waals surface area contributed by atoms with Gasteiger partial charge in [0.15, 0.2) is 0 Å². The van der Waals surface area contributed by atoms with Crippen molar-refractivity contribution < 1.29 is 19.1 Å². The molecule has 112 valence electrons. The molecule has 1 aromatic heterocycles. The molecule has 4 nitrogen and oxygen atoms in total. The van der Waals surface area contributed by atoms with E-state index in [0.717, 1.165) is 11.1 Å². The zero-order chi connectivity index (χ0) is 15.7. The minimum atomic E-state index is -0.455. The number of carbonyl (C=O) groups excluding carboxylic acids is 1. The van der Waals surface area contributed by atoms with Crippen molar-refractivity contribution in [2.75, 3.05) is 6.61 Å². The highest BCUT2D eigenvalue weighted by Gasteiger charge is 2.23. The first-order valence-corrected chi connectivity index (χ1v) is 7.10. The van der Waals surface area contributed by atoms with E-state index in [-0.39, 0.29) is 12.4 Å². The van der Waals surface area contributed by atoms with Crippen LogP contribution in [0, 0.1) is 6.92 Å². The van der Waals surface area contributed by atoms with Gasteiger partial charge in [0, 0.05) is 10.9 Å². The molecule has 0 aliphatic rings. The van der Waals surface area contributed by atoms with Crippen molar-refractivity contribution in [1.82, 2.24) is 0 Å². The molecule has 0 saturated carbocycles. The Balaban J connectivity index is 2.29. The number of phenolic OH excluding ortho intramolecular Hbond substituents is 1. The van der Waals surface area contributed by atoms with Gasteiger partial charge in [-0.3, -0.25) is 0 Å². The molecule has 0 aliphatic carbocycles. The number of hydrogen-bond donors (Lipinski definition) is 1. The van der Waals surface area contributed by atoms with Crippen molar-refractivity contribution in [3.63, 3.8) is 0 Å². The maximum absolute atomic E-state index is 12.3. The van der Waals surface area contributed by atoms with Crippen molar-refractivity contribution in [1.29, 1.82) is 0 Å². The molecule has 0 bridgehead atoms. The van der Waals surface area contributed by atoms with E-state index in [1.54, 1.807) is 13.0 Å². The van der Waals surface area contributed by atoms with Crippen LogP contribution in [0.5, 0.6) is 5.75 Å². The highest BCUT2D eigenvalue weighted by Crippen LogP contribution is 2.36. The summed E-state index contributed by atoms with van der Waals surface area (Å²) in [6.45, 7) is 4.00. The van der Waals surface area contributed by atoms with Gasteiger partial charge in [-0.25, -0.2) is 4.79 Å². The first-order valence-electron chi connectivity index (χ1n) is 7.10. The molecule has 3 aromatic rings. The maximum atomic E-state index is 12.3. The van der Waals surface area contributed by atoms with Crippen LogP contribution in [-0.2, 0) is 4.74 Å². The molecule has 4 heteroatoms. The second-order valence-corrected chi connectivity index (χ2v) is 5.08. The third-order valence-corrected chi connectivity index (χ3v) is 3.43. The summed E-state index contributed by atoms with van der Waals surface area (Å²) in [6.07, 6.45) is 0. The number of aryl methyl sites for hydroxylation is 1. The lowest BCUT2D eigenvalue weighted by molar-refractivity contribution is 0.0529. The van der Waals surface area contributed by atoms with E-state index in [9.17, 15) is 9.90 Å². The van der Waals surface area contributed by atoms with Crippen LogP contribution in [0.2, 0.25) is 0 Å². The zero-order valence-electron chi connectivity index (χ0n) is 12.4. The Morgan fingerprint density at radius 3 is 2.77 bits per heavy atom. The summed E-state index contributed by atoms with van der Waals surface area (Å²) in [6, 6.07) is 12.4. The van der Waals surface area contributed by atoms with Crippen molar-refractivity contribution in [2.45, 2.75) is 13.8 Å². The van der Waals surface area contributed by atoms with Crippen molar-refractivity contribution >= 4 is 16.9 Å². The van der Waals surface area contributed by atoms with E-state index in [1.165, 1.54) is 12.1 Å². The Morgan fingerprint density at radius 1 is 1.23 bits per heavy atom. The molecular weight excluding hydrogens is 280 g/mol. The van der Waals surface area contributed by atoms with Gasteiger partial charge in [0.1, 0.15) is 22.7 Å². The number of benzene rings is 2. The Morgan fingerprint density at radius 2 is 2.05 bits per heavy atom. The summed E-state index contributed by atoms with van der Waals surface area (Å²) in [5.41, 5.74) is 2.75. The number of rotatable bonds is 3. The van der Waals surface area contributed by atoms with Crippen molar-refractivity contribution in [2.24, 2.45) is 0 Å². The Hall–Kier alpha value is -2.75. The van der Waals surface area contributed by atoms with Gasteiger partial charge in [-0.1, -0.05) is 23.8 Å². The Kier molecular flexibility index (Phi) is 3.59. The number of phenols is 1. The minimum absolute atomic E-state index is 0.0784. The third kappa shape index (κ3) is 2.44. The molecule has 0 saturated heterocycles. The molecule has 0 amide bonds. The van der Waals surface area contributed by atoms with Gasteiger partial charge in [0.05, 0.1) is 6.61 Å². The largest absolute Gasteiger partial charge is 0.508 e. The van der Waals surface area contributed by atoms with E-state index in [0.29, 0.717) is 22.3 Å². The lowest BCUT2D eigenvalue weighted by Gasteiger charge is -2.04. The van der Waals surface area contributed by atoms with Crippen LogP contribution < -0.4 is 0 Å². The third-order valence-electron chi connectivity index (χ3n) is 3.43. The van der Waals surface area contributed by atoms with Gasteiger partial charge in [-0.2, -0.15) is 0 Å². The fraction of sp³-hybridized carbons (Fsp3) is 0.167. The molecule has 1 N–H and O–H groups in total. The molecule has 3 rings (SSSR count). The molecule has 0 spiro atoms. The molecule has 0 atom stereocenters. The summed E-state index contributed by atoms with van der Waals surface area (Å²) >= 11 is 0. The van der Waals surface area contributed by atoms with E-state index < -0.39 is 5.97 Å². The van der Waals surface area contributed by atoms with Gasteiger partial charge < -0.3 is 14.3 Å². The highest BCUT2D eigenvalue weighted by atomic mass is 16.5. The predicted octanol–water partition coefficient (Wildman–Crippen LogP) is 4.29. The summed E-state index contributed by atoms with van der Waals surface area (Å²) in [5, 5.41) is 10.2. The second kappa shape index (κ2) is 5.56. The fourth-order valence-electron chi connectivity index (χ4n) is 2.48. The number of fused-ring (bicyclic) bond motifs is 1. The first kappa shape index (κ1) is 14.2. The van der Waals surface area contributed by atoms with Crippen LogP contribution in [0.15, 0.2) is 46.9 Å². The van der Waals surface area contributed by atoms with Crippen LogP contribution in [0.3, 0.4) is 0 Å². The smallest absolute Gasteiger partial charge is 0.342 e. The topological polar surface area (TPSA) is 59.7 Å². The molecule has 1 heterocycles. The van der Waals surface area contributed by atoms with Gasteiger partial charge >= 0.3 is 5.97 Å². The quantitative estimate of drug-likeness (QED) is 0.732. The molecule has 0 unspecified atom stereocenters. The summed E-state index contributed by atoms with van der Waals surface area (Å²) < 4.78 is 11.0. The van der Waals surface area contributed by atoms with Gasteiger partial charge in [-0.05, 0) is 38.1 Å². The monoisotopic (exact) mass is 296 g/mol. The SMILES string of the molecule is CCOC(=O)c1c(-c2cccc(C)c2)oc2ccc(O)cc12. The molecule has 0 radical (unpaired) electrons. The second-order valence-electron chi connectivity index (χ2n) is 5.08. The molecule has 22 heavy (non-hydrogen) atoms. The number of aromatic hydroxyl groups is 1. The van der Waals surface area contributed by atoms with Gasteiger partial charge in [0.25, 0.3) is 0 Å². The van der Waals surface area contributed by atoms with Gasteiger partial charge in [-0.15, -0.1) is 0 Å². The normalized spacial score (nSPS) is 10.8. The van der Waals surface area contributed by atoms with E-state index in [2.05, 4.69) is 0 Å². The highest BCUT2D eigenvalue weighted by molar-refractivity contribution is 6.09. The van der Waals surface area contributed by atoms with Crippen LogP contribution in [0.1, 0.15) is 22.8 Å². The average Bonchev–Trinajstić information content (AvgIpc) is 2.86. The lowest BCUT2D eigenvalue weighted by Crippen LogP contribution is -2.05. The van der Waals surface area contributed by atoms with Crippen LogP contribution in [0.25, 0.3) is 22.3 Å². The Labute approximate surface area is 127 Å². The number of carbonyl (C=O) groups is 1. The van der Waals surface area contributed by atoms with E-state index in [4.69, 9.17) is 9.15 Å². The van der Waals surface area contributed by atoms with Crippen LogP contribution in [0.4, 0.5) is 0 Å². The van der Waals surface area contributed by atoms with E-state index >= 15 is 0 Å². The zero-order valence-corrected chi connectivity index (χ0v) is 12.4. The summed E-state index contributed by atoms with van der Waals surface area (Å²) in [4.78, 5) is 12.3. The summed E-state index contributed by atoms with van der Waals surface area (Å²) in [5.74, 6) is 0.0840. The molecular formula is C18H16O4. The predicted molar refractivity (Wildman–Crippen MR) is 84.0 cm³/mol. The average molecular weight is 296 g/mol. The number of ether oxygens (including phenoxy) is 1. The van der Waals surface area contributed by atoms with Crippen molar-refractivity contribution in [3.05, 3.63) is 53.6 Å². The van der Waals surface area contributed by atoms with Crippen LogP contribution >= 0.6 is 0 Å². The maximum Gasteiger partial charge on any atom is 0.342 e. The lowest BCUT2D eigenvalue weighted by atomic mass is 10.0. The standard InChI is InChI=1S/C18H16O4/c1-3-21-18(20)16-14-10-13(19)7-8-15(14)22-17(16)12-6-4-5-11(2)9-12/h4-10,19H,3H2,1-2H3. The molecule has 0 fully saturated rings. The fourth-order valence-corrected chi connectivity index (χ4v) is 2.48. The number of esters is 1. The molecule has 0 aliphatic heterocycles. The van der Waals surface area contributed by atoms with Gasteiger partial charge in [0.2, 0.25) is 0 Å². The van der Waals surface area contributed by atoms with Crippen molar-refractivity contribution in [3.8, 4) is 17.1 Å². The minimum Gasteiger partial charge on any atom is -0.508 e. The summed E-state index contributed by atoms with van der Waals surface area (Å²) in [7, 11) is 0. The number of furan rings is 1. The molecule has 2 aromatic carbocycles. The van der Waals surface area contributed by atoms with Crippen LogP contribution in [-0.4, -0.2) is 17.7 Å². The Bertz CT molecular complexity index is 845. The number of hydrogen-bond acceptors (Lipinski definition) is 4. The van der Waals surface area contributed by atoms with E-state index in [1.807, 2.05) is 31.2 Å².